The summed E-state index contributed by atoms with van der Waals surface area (Å²) in [5.41, 5.74) is 3.91. The number of nitriles is 1. The smallest absolute Gasteiger partial charge is 0.349 e. The van der Waals surface area contributed by atoms with E-state index in [1.165, 1.54) is 0 Å². The molecule has 2 aromatic carbocycles. The Hall–Kier alpha value is -2.86. The molecule has 0 radical (unpaired) electrons. The van der Waals surface area contributed by atoms with Crippen molar-refractivity contribution in [3.05, 3.63) is 76.4 Å². The first kappa shape index (κ1) is 15.5. The standard InChI is InChI=1S/C19H17NO2/c1-14-7-9-16(10-8-14)11-18(12-20)19(21)22-13-17-6-4-3-5-15(17)2/h3-11H,13H2,1-2H3/b18-11+. The Morgan fingerprint density at radius 3 is 2.45 bits per heavy atom. The summed E-state index contributed by atoms with van der Waals surface area (Å²) in [5, 5.41) is 9.15. The number of carbonyl (C=O) groups is 1. The molecule has 0 amide bonds. The Morgan fingerprint density at radius 2 is 1.82 bits per heavy atom. The first-order valence-electron chi connectivity index (χ1n) is 7.00. The van der Waals surface area contributed by atoms with Crippen LogP contribution in [0.1, 0.15) is 22.3 Å². The fourth-order valence-corrected chi connectivity index (χ4v) is 1.96. The van der Waals surface area contributed by atoms with E-state index in [4.69, 9.17) is 10.00 Å². The lowest BCUT2D eigenvalue weighted by atomic mass is 10.1. The van der Waals surface area contributed by atoms with Gasteiger partial charge in [0.1, 0.15) is 18.2 Å². The molecule has 0 saturated carbocycles. The van der Waals surface area contributed by atoms with Crippen LogP contribution < -0.4 is 0 Å². The molecule has 110 valence electrons. The number of esters is 1. The Bertz CT molecular complexity index is 737. The molecule has 3 nitrogen and oxygen atoms in total. The van der Waals surface area contributed by atoms with Crippen molar-refractivity contribution in [3.63, 3.8) is 0 Å². The Kier molecular flexibility index (Phi) is 5.11. The van der Waals surface area contributed by atoms with Gasteiger partial charge in [0, 0.05) is 0 Å². The van der Waals surface area contributed by atoms with Crippen LogP contribution in [-0.2, 0) is 16.1 Å². The van der Waals surface area contributed by atoms with Gasteiger partial charge in [0.25, 0.3) is 0 Å². The molecule has 3 heteroatoms. The van der Waals surface area contributed by atoms with E-state index >= 15 is 0 Å². The summed E-state index contributed by atoms with van der Waals surface area (Å²) in [5.74, 6) is -0.605. The zero-order valence-corrected chi connectivity index (χ0v) is 12.7. The molecule has 0 aliphatic carbocycles. The normalized spacial score (nSPS) is 10.9. The van der Waals surface area contributed by atoms with E-state index in [0.717, 1.165) is 22.3 Å². The maximum atomic E-state index is 12.0. The largest absolute Gasteiger partial charge is 0.457 e. The van der Waals surface area contributed by atoms with E-state index in [1.807, 2.05) is 68.4 Å². The van der Waals surface area contributed by atoms with E-state index in [1.54, 1.807) is 6.08 Å². The highest BCUT2D eigenvalue weighted by atomic mass is 16.5. The van der Waals surface area contributed by atoms with Gasteiger partial charge in [0.2, 0.25) is 0 Å². The summed E-state index contributed by atoms with van der Waals surface area (Å²) in [6.45, 7) is 4.10. The minimum atomic E-state index is -0.605. The molecule has 22 heavy (non-hydrogen) atoms. The number of hydrogen-bond acceptors (Lipinski definition) is 3. The van der Waals surface area contributed by atoms with Crippen LogP contribution in [0, 0.1) is 25.2 Å². The Morgan fingerprint density at radius 1 is 1.14 bits per heavy atom. The molecule has 2 rings (SSSR count). The molecule has 0 saturated heterocycles. The second-order valence-electron chi connectivity index (χ2n) is 5.08. The molecule has 0 bridgehead atoms. The van der Waals surface area contributed by atoms with E-state index < -0.39 is 5.97 Å². The van der Waals surface area contributed by atoms with Gasteiger partial charge in [-0.15, -0.1) is 0 Å². The van der Waals surface area contributed by atoms with Gasteiger partial charge in [-0.1, -0.05) is 54.1 Å². The summed E-state index contributed by atoms with van der Waals surface area (Å²) in [4.78, 5) is 12.0. The molecule has 0 aromatic heterocycles. The molecule has 0 N–H and O–H groups in total. The van der Waals surface area contributed by atoms with Gasteiger partial charge in [-0.2, -0.15) is 5.26 Å². The van der Waals surface area contributed by atoms with Crippen molar-refractivity contribution in [1.29, 1.82) is 5.26 Å². The number of aryl methyl sites for hydroxylation is 2. The molecule has 0 aliphatic heterocycles. The highest BCUT2D eigenvalue weighted by molar-refractivity contribution is 5.97. The fraction of sp³-hybridized carbons (Fsp3) is 0.158. The summed E-state index contributed by atoms with van der Waals surface area (Å²) in [6, 6.07) is 17.2. The Labute approximate surface area is 130 Å². The van der Waals surface area contributed by atoms with Gasteiger partial charge in [0.05, 0.1) is 0 Å². The Balaban J connectivity index is 2.08. The second kappa shape index (κ2) is 7.24. The number of carbonyl (C=O) groups excluding carboxylic acids is 1. The van der Waals surface area contributed by atoms with Crippen molar-refractivity contribution in [2.75, 3.05) is 0 Å². The molecule has 0 heterocycles. The lowest BCUT2D eigenvalue weighted by Crippen LogP contribution is -2.07. The van der Waals surface area contributed by atoms with Gasteiger partial charge < -0.3 is 4.74 Å². The lowest BCUT2D eigenvalue weighted by Gasteiger charge is -2.06. The van der Waals surface area contributed by atoms with Crippen LogP contribution in [-0.4, -0.2) is 5.97 Å². The predicted molar refractivity (Wildman–Crippen MR) is 85.7 cm³/mol. The SMILES string of the molecule is Cc1ccc(/C=C(\C#N)C(=O)OCc2ccccc2C)cc1. The lowest BCUT2D eigenvalue weighted by molar-refractivity contribution is -0.139. The summed E-state index contributed by atoms with van der Waals surface area (Å²) < 4.78 is 5.23. The minimum Gasteiger partial charge on any atom is -0.457 e. The molecule has 2 aromatic rings. The number of nitrogens with zero attached hydrogens (tertiary/aromatic N) is 1. The third-order valence-corrected chi connectivity index (χ3v) is 3.35. The highest BCUT2D eigenvalue weighted by Gasteiger charge is 2.11. The van der Waals surface area contributed by atoms with E-state index in [0.29, 0.717) is 0 Å². The molecule has 0 atom stereocenters. The fourth-order valence-electron chi connectivity index (χ4n) is 1.96. The quantitative estimate of drug-likeness (QED) is 0.487. The molecular weight excluding hydrogens is 274 g/mol. The molecule has 0 spiro atoms. The monoisotopic (exact) mass is 291 g/mol. The number of rotatable bonds is 4. The first-order chi connectivity index (χ1) is 10.6. The molecule has 0 aliphatic rings. The number of ether oxygens (including phenoxy) is 1. The van der Waals surface area contributed by atoms with Crippen molar-refractivity contribution in [2.24, 2.45) is 0 Å². The summed E-state index contributed by atoms with van der Waals surface area (Å²) in [6.07, 6.45) is 1.54. The van der Waals surface area contributed by atoms with Crippen molar-refractivity contribution >= 4 is 12.0 Å². The average molecular weight is 291 g/mol. The first-order valence-corrected chi connectivity index (χ1v) is 7.00. The number of benzene rings is 2. The summed E-state index contributed by atoms with van der Waals surface area (Å²) >= 11 is 0. The van der Waals surface area contributed by atoms with Crippen LogP contribution >= 0.6 is 0 Å². The van der Waals surface area contributed by atoms with Crippen molar-refractivity contribution < 1.29 is 9.53 Å². The maximum Gasteiger partial charge on any atom is 0.349 e. The predicted octanol–water partition coefficient (Wildman–Crippen LogP) is 3.95. The van der Waals surface area contributed by atoms with Crippen molar-refractivity contribution in [3.8, 4) is 6.07 Å². The maximum absolute atomic E-state index is 12.0. The van der Waals surface area contributed by atoms with Crippen LogP contribution in [0.25, 0.3) is 6.08 Å². The van der Waals surface area contributed by atoms with Crippen LogP contribution in [0.4, 0.5) is 0 Å². The minimum absolute atomic E-state index is 0.00237. The third-order valence-electron chi connectivity index (χ3n) is 3.35. The zero-order valence-electron chi connectivity index (χ0n) is 12.7. The van der Waals surface area contributed by atoms with Gasteiger partial charge in [-0.3, -0.25) is 0 Å². The molecule has 0 unspecified atom stereocenters. The summed E-state index contributed by atoms with van der Waals surface area (Å²) in [7, 11) is 0. The third kappa shape index (κ3) is 4.07. The molecule has 0 fully saturated rings. The van der Waals surface area contributed by atoms with Crippen LogP contribution in [0.3, 0.4) is 0 Å². The highest BCUT2D eigenvalue weighted by Crippen LogP contribution is 2.12. The van der Waals surface area contributed by atoms with Crippen molar-refractivity contribution in [2.45, 2.75) is 20.5 Å². The topological polar surface area (TPSA) is 50.1 Å². The van der Waals surface area contributed by atoms with Gasteiger partial charge >= 0.3 is 5.97 Å². The van der Waals surface area contributed by atoms with E-state index in [2.05, 4.69) is 0 Å². The second-order valence-corrected chi connectivity index (χ2v) is 5.08. The van der Waals surface area contributed by atoms with Crippen LogP contribution in [0.5, 0.6) is 0 Å². The van der Waals surface area contributed by atoms with Crippen LogP contribution in [0.15, 0.2) is 54.1 Å². The average Bonchev–Trinajstić information content (AvgIpc) is 2.53. The van der Waals surface area contributed by atoms with Crippen molar-refractivity contribution in [1.82, 2.24) is 0 Å². The zero-order chi connectivity index (χ0) is 15.9. The number of hydrogen-bond donors (Lipinski definition) is 0. The molecular formula is C19H17NO2. The van der Waals surface area contributed by atoms with Gasteiger partial charge in [-0.05, 0) is 36.6 Å². The van der Waals surface area contributed by atoms with Gasteiger partial charge in [0.15, 0.2) is 0 Å². The van der Waals surface area contributed by atoms with Gasteiger partial charge in [-0.25, -0.2) is 4.79 Å². The van der Waals surface area contributed by atoms with E-state index in [-0.39, 0.29) is 12.2 Å². The van der Waals surface area contributed by atoms with E-state index in [9.17, 15) is 4.79 Å². The van der Waals surface area contributed by atoms with Crippen LogP contribution in [0.2, 0.25) is 0 Å².